The van der Waals surface area contributed by atoms with Crippen molar-refractivity contribution < 1.29 is 18.7 Å². The van der Waals surface area contributed by atoms with E-state index in [0.717, 1.165) is 6.42 Å². The highest BCUT2D eigenvalue weighted by molar-refractivity contribution is 5.74. The van der Waals surface area contributed by atoms with Crippen LogP contribution in [0, 0.1) is 5.82 Å². The van der Waals surface area contributed by atoms with Crippen LogP contribution in [-0.4, -0.2) is 32.9 Å². The molecule has 1 heterocycles. The Kier molecular flexibility index (Phi) is 5.17. The molecule has 0 spiro atoms. The SMILES string of the molecule is COCCNC(=O)N[C@H]1CCCOc2ccc(F)cc21. The van der Waals surface area contributed by atoms with Crippen molar-refractivity contribution in [3.63, 3.8) is 0 Å². The Hall–Kier alpha value is -1.82. The maximum atomic E-state index is 13.4. The highest BCUT2D eigenvalue weighted by Gasteiger charge is 2.21. The molecule has 1 atom stereocenters. The van der Waals surface area contributed by atoms with Crippen molar-refractivity contribution in [2.75, 3.05) is 26.9 Å². The van der Waals surface area contributed by atoms with E-state index in [1.165, 1.54) is 12.1 Å². The molecule has 0 fully saturated rings. The molecule has 0 aromatic heterocycles. The lowest BCUT2D eigenvalue weighted by atomic mass is 10.0. The van der Waals surface area contributed by atoms with E-state index in [1.807, 2.05) is 0 Å². The van der Waals surface area contributed by atoms with Gasteiger partial charge in [0.05, 0.1) is 19.3 Å². The first-order chi connectivity index (χ1) is 9.70. The van der Waals surface area contributed by atoms with Gasteiger partial charge in [-0.15, -0.1) is 0 Å². The highest BCUT2D eigenvalue weighted by Crippen LogP contribution is 2.31. The first-order valence-electron chi connectivity index (χ1n) is 6.66. The van der Waals surface area contributed by atoms with Gasteiger partial charge in [0.15, 0.2) is 0 Å². The minimum absolute atomic E-state index is 0.245. The molecule has 1 aliphatic rings. The number of methoxy groups -OCH3 is 1. The lowest BCUT2D eigenvalue weighted by molar-refractivity contribution is 0.195. The Bertz CT molecular complexity index is 468. The van der Waals surface area contributed by atoms with Crippen molar-refractivity contribution in [1.82, 2.24) is 10.6 Å². The number of nitrogens with one attached hydrogen (secondary N) is 2. The van der Waals surface area contributed by atoms with E-state index in [-0.39, 0.29) is 17.9 Å². The number of hydrogen-bond acceptors (Lipinski definition) is 3. The Labute approximate surface area is 117 Å². The maximum Gasteiger partial charge on any atom is 0.315 e. The van der Waals surface area contributed by atoms with Crippen LogP contribution in [0.1, 0.15) is 24.4 Å². The summed E-state index contributed by atoms with van der Waals surface area (Å²) in [4.78, 5) is 11.8. The zero-order valence-corrected chi connectivity index (χ0v) is 11.4. The van der Waals surface area contributed by atoms with E-state index >= 15 is 0 Å². The number of ether oxygens (including phenoxy) is 2. The smallest absolute Gasteiger partial charge is 0.315 e. The van der Waals surface area contributed by atoms with Crippen LogP contribution in [-0.2, 0) is 4.74 Å². The molecule has 0 radical (unpaired) electrons. The molecule has 0 unspecified atom stereocenters. The van der Waals surface area contributed by atoms with E-state index in [1.54, 1.807) is 13.2 Å². The zero-order chi connectivity index (χ0) is 14.4. The average Bonchev–Trinajstić information content (AvgIpc) is 2.62. The fourth-order valence-corrected chi connectivity index (χ4v) is 2.17. The largest absolute Gasteiger partial charge is 0.493 e. The third-order valence-corrected chi connectivity index (χ3v) is 3.14. The molecule has 0 saturated carbocycles. The predicted molar refractivity (Wildman–Crippen MR) is 72.3 cm³/mol. The molecule has 1 aromatic rings. The Morgan fingerprint density at radius 3 is 3.20 bits per heavy atom. The molecule has 2 rings (SSSR count). The second-order valence-electron chi connectivity index (χ2n) is 4.62. The molecule has 0 aliphatic carbocycles. The lowest BCUT2D eigenvalue weighted by Gasteiger charge is -2.18. The molecule has 2 amide bonds. The fourth-order valence-electron chi connectivity index (χ4n) is 2.17. The van der Waals surface area contributed by atoms with Crippen molar-refractivity contribution in [3.8, 4) is 5.75 Å². The summed E-state index contributed by atoms with van der Waals surface area (Å²) < 4.78 is 23.8. The van der Waals surface area contributed by atoms with Crippen molar-refractivity contribution in [3.05, 3.63) is 29.6 Å². The Morgan fingerprint density at radius 1 is 1.55 bits per heavy atom. The maximum absolute atomic E-state index is 13.4. The van der Waals surface area contributed by atoms with Gasteiger partial charge in [0, 0.05) is 19.2 Å². The number of benzene rings is 1. The topological polar surface area (TPSA) is 59.6 Å². The van der Waals surface area contributed by atoms with Crippen molar-refractivity contribution in [2.24, 2.45) is 0 Å². The zero-order valence-electron chi connectivity index (χ0n) is 11.4. The van der Waals surface area contributed by atoms with Crippen LogP contribution < -0.4 is 15.4 Å². The normalized spacial score (nSPS) is 17.6. The van der Waals surface area contributed by atoms with Crippen molar-refractivity contribution in [1.29, 1.82) is 0 Å². The summed E-state index contributed by atoms with van der Waals surface area (Å²) in [5.74, 6) is 0.298. The van der Waals surface area contributed by atoms with Gasteiger partial charge in [0.25, 0.3) is 0 Å². The van der Waals surface area contributed by atoms with Crippen LogP contribution in [0.15, 0.2) is 18.2 Å². The average molecular weight is 282 g/mol. The number of urea groups is 1. The van der Waals surface area contributed by atoms with Gasteiger partial charge in [0.1, 0.15) is 11.6 Å². The molecular weight excluding hydrogens is 263 g/mol. The van der Waals surface area contributed by atoms with Gasteiger partial charge in [-0.2, -0.15) is 0 Å². The van der Waals surface area contributed by atoms with Crippen LogP contribution in [0.2, 0.25) is 0 Å². The van der Waals surface area contributed by atoms with Crippen LogP contribution in [0.3, 0.4) is 0 Å². The third kappa shape index (κ3) is 3.84. The molecule has 20 heavy (non-hydrogen) atoms. The number of fused-ring (bicyclic) bond motifs is 1. The van der Waals surface area contributed by atoms with Gasteiger partial charge in [-0.1, -0.05) is 0 Å². The second-order valence-corrected chi connectivity index (χ2v) is 4.62. The fraction of sp³-hybridized carbons (Fsp3) is 0.500. The monoisotopic (exact) mass is 282 g/mol. The second kappa shape index (κ2) is 7.09. The molecule has 1 aliphatic heterocycles. The Morgan fingerprint density at radius 2 is 2.40 bits per heavy atom. The quantitative estimate of drug-likeness (QED) is 0.830. The van der Waals surface area contributed by atoms with E-state index < -0.39 is 0 Å². The molecule has 5 nitrogen and oxygen atoms in total. The lowest BCUT2D eigenvalue weighted by Crippen LogP contribution is -2.39. The van der Waals surface area contributed by atoms with Gasteiger partial charge in [-0.05, 0) is 31.0 Å². The molecular formula is C14H19FN2O3. The molecule has 110 valence electrons. The van der Waals surface area contributed by atoms with E-state index in [0.29, 0.717) is 37.5 Å². The summed E-state index contributed by atoms with van der Waals surface area (Å²) in [6.07, 6.45) is 1.52. The number of amides is 2. The standard InChI is InChI=1S/C14H19FN2O3/c1-19-8-6-16-14(18)17-12-3-2-7-20-13-5-4-10(15)9-11(12)13/h4-5,9,12H,2-3,6-8H2,1H3,(H2,16,17,18)/t12-/m0/s1. The number of hydrogen-bond donors (Lipinski definition) is 2. The minimum atomic E-state index is -0.333. The van der Waals surface area contributed by atoms with E-state index in [4.69, 9.17) is 9.47 Å². The molecule has 2 N–H and O–H groups in total. The summed E-state index contributed by atoms with van der Waals surface area (Å²) in [5, 5.41) is 5.54. The number of rotatable bonds is 4. The summed E-state index contributed by atoms with van der Waals surface area (Å²) in [6, 6.07) is 3.85. The van der Waals surface area contributed by atoms with Crippen LogP contribution in [0.4, 0.5) is 9.18 Å². The number of carbonyl (C=O) groups excluding carboxylic acids is 1. The first kappa shape index (κ1) is 14.6. The van der Waals surface area contributed by atoms with Gasteiger partial charge < -0.3 is 20.1 Å². The molecule has 0 bridgehead atoms. The van der Waals surface area contributed by atoms with Crippen LogP contribution >= 0.6 is 0 Å². The van der Waals surface area contributed by atoms with Gasteiger partial charge >= 0.3 is 6.03 Å². The Balaban J connectivity index is 2.04. The molecule has 6 heteroatoms. The summed E-state index contributed by atoms with van der Waals surface area (Å²) in [6.45, 7) is 1.45. The predicted octanol–water partition coefficient (Wildman–Crippen LogP) is 1.98. The van der Waals surface area contributed by atoms with Gasteiger partial charge in [0.2, 0.25) is 0 Å². The van der Waals surface area contributed by atoms with E-state index in [2.05, 4.69) is 10.6 Å². The van der Waals surface area contributed by atoms with Crippen molar-refractivity contribution >= 4 is 6.03 Å². The first-order valence-corrected chi connectivity index (χ1v) is 6.66. The highest BCUT2D eigenvalue weighted by atomic mass is 19.1. The van der Waals surface area contributed by atoms with Crippen molar-refractivity contribution in [2.45, 2.75) is 18.9 Å². The van der Waals surface area contributed by atoms with Crippen LogP contribution in [0.25, 0.3) is 0 Å². The summed E-state index contributed by atoms with van der Waals surface area (Å²) in [7, 11) is 1.57. The number of halogens is 1. The molecule has 1 aromatic carbocycles. The molecule has 0 saturated heterocycles. The third-order valence-electron chi connectivity index (χ3n) is 3.14. The number of carbonyl (C=O) groups is 1. The summed E-state index contributed by atoms with van der Waals surface area (Å²) in [5.41, 5.74) is 0.685. The summed E-state index contributed by atoms with van der Waals surface area (Å²) >= 11 is 0. The van der Waals surface area contributed by atoms with Gasteiger partial charge in [-0.3, -0.25) is 0 Å². The van der Waals surface area contributed by atoms with E-state index in [9.17, 15) is 9.18 Å². The minimum Gasteiger partial charge on any atom is -0.493 e. The van der Waals surface area contributed by atoms with Crippen LogP contribution in [0.5, 0.6) is 5.75 Å². The van der Waals surface area contributed by atoms with Gasteiger partial charge in [-0.25, -0.2) is 9.18 Å².